The summed E-state index contributed by atoms with van der Waals surface area (Å²) >= 11 is 1.88. The van der Waals surface area contributed by atoms with Crippen molar-refractivity contribution in [3.05, 3.63) is 41.3 Å². The van der Waals surface area contributed by atoms with Crippen LogP contribution in [0.15, 0.2) is 36.4 Å². The lowest BCUT2D eigenvalue weighted by molar-refractivity contribution is 0.0524. The molecule has 1 aliphatic heterocycles. The number of ether oxygens (including phenoxy) is 2. The van der Waals surface area contributed by atoms with Crippen LogP contribution in [0.3, 0.4) is 0 Å². The number of methoxy groups -OCH3 is 1. The lowest BCUT2D eigenvalue weighted by Gasteiger charge is -2.33. The van der Waals surface area contributed by atoms with Crippen LogP contribution < -0.4 is 15.4 Å². The highest BCUT2D eigenvalue weighted by Gasteiger charge is 2.34. The fourth-order valence-corrected chi connectivity index (χ4v) is 5.16. The Balaban J connectivity index is 0.00000210. The maximum absolute atomic E-state index is 5.68. The molecule has 2 fully saturated rings. The summed E-state index contributed by atoms with van der Waals surface area (Å²) in [5, 5.41) is 7.47. The number of halogens is 1. The van der Waals surface area contributed by atoms with Crippen molar-refractivity contribution < 1.29 is 9.47 Å². The van der Waals surface area contributed by atoms with Gasteiger partial charge in [-0.05, 0) is 60.7 Å². The summed E-state index contributed by atoms with van der Waals surface area (Å²) in [6, 6.07) is 13.9. The Morgan fingerprint density at radius 3 is 2.78 bits per heavy atom. The van der Waals surface area contributed by atoms with Crippen LogP contribution in [0, 0.1) is 5.92 Å². The van der Waals surface area contributed by atoms with Crippen molar-refractivity contribution in [3.8, 4) is 16.2 Å². The van der Waals surface area contributed by atoms with Gasteiger partial charge in [-0.25, -0.2) is 0 Å². The zero-order chi connectivity index (χ0) is 17.8. The Morgan fingerprint density at radius 1 is 1.19 bits per heavy atom. The van der Waals surface area contributed by atoms with Crippen LogP contribution in [-0.2, 0) is 11.3 Å². The van der Waals surface area contributed by atoms with Gasteiger partial charge in [-0.15, -0.1) is 23.7 Å². The minimum atomic E-state index is 0. The summed E-state index contributed by atoms with van der Waals surface area (Å²) in [4.78, 5) is 2.71. The lowest BCUT2D eigenvalue weighted by Crippen LogP contribution is -2.50. The molecule has 6 heteroatoms. The molecule has 1 aliphatic carbocycles. The molecule has 3 unspecified atom stereocenters. The van der Waals surface area contributed by atoms with Gasteiger partial charge in [0.2, 0.25) is 0 Å². The highest BCUT2D eigenvalue weighted by atomic mass is 35.5. The van der Waals surface area contributed by atoms with Gasteiger partial charge >= 0.3 is 0 Å². The zero-order valence-electron chi connectivity index (χ0n) is 15.8. The summed E-state index contributed by atoms with van der Waals surface area (Å²) in [7, 11) is 1.70. The largest absolute Gasteiger partial charge is 0.497 e. The summed E-state index contributed by atoms with van der Waals surface area (Å²) < 4.78 is 10.9. The van der Waals surface area contributed by atoms with E-state index < -0.39 is 0 Å². The molecule has 0 spiro atoms. The van der Waals surface area contributed by atoms with E-state index in [0.717, 1.165) is 32.1 Å². The van der Waals surface area contributed by atoms with Gasteiger partial charge in [0.1, 0.15) is 5.75 Å². The van der Waals surface area contributed by atoms with Crippen LogP contribution in [0.4, 0.5) is 0 Å². The van der Waals surface area contributed by atoms with E-state index in [9.17, 15) is 0 Å². The Morgan fingerprint density at radius 2 is 2.04 bits per heavy atom. The Labute approximate surface area is 172 Å². The number of hydrogen-bond donors (Lipinski definition) is 2. The number of thiophene rings is 1. The molecule has 0 bridgehead atoms. The van der Waals surface area contributed by atoms with E-state index in [0.29, 0.717) is 18.0 Å². The van der Waals surface area contributed by atoms with Gasteiger partial charge in [0.05, 0.1) is 20.3 Å². The Kier molecular flexibility index (Phi) is 7.56. The first kappa shape index (κ1) is 20.6. The Hall–Kier alpha value is -1.11. The van der Waals surface area contributed by atoms with Crippen molar-refractivity contribution in [2.75, 3.05) is 26.9 Å². The second kappa shape index (κ2) is 9.89. The van der Waals surface area contributed by atoms with Gasteiger partial charge in [-0.1, -0.05) is 6.42 Å². The summed E-state index contributed by atoms with van der Waals surface area (Å²) in [5.74, 6) is 1.59. The number of benzene rings is 1. The predicted octanol–water partition coefficient (Wildman–Crippen LogP) is 4.09. The second-order valence-electron chi connectivity index (χ2n) is 7.21. The summed E-state index contributed by atoms with van der Waals surface area (Å²) in [6.07, 6.45) is 3.90. The molecule has 1 saturated carbocycles. The minimum Gasteiger partial charge on any atom is -0.497 e. The number of nitrogens with one attached hydrogen (secondary N) is 2. The molecule has 1 saturated heterocycles. The van der Waals surface area contributed by atoms with Crippen LogP contribution in [0.5, 0.6) is 5.75 Å². The van der Waals surface area contributed by atoms with Crippen LogP contribution in [0.25, 0.3) is 10.4 Å². The van der Waals surface area contributed by atoms with Gasteiger partial charge in [0.15, 0.2) is 0 Å². The normalized spacial score (nSPS) is 25.1. The third kappa shape index (κ3) is 5.04. The summed E-state index contributed by atoms with van der Waals surface area (Å²) in [5.41, 5.74) is 1.25. The van der Waals surface area contributed by atoms with Gasteiger partial charge in [-0.2, -0.15) is 0 Å². The molecule has 4 rings (SSSR count). The first-order valence-electron chi connectivity index (χ1n) is 9.61. The quantitative estimate of drug-likeness (QED) is 0.755. The van der Waals surface area contributed by atoms with E-state index >= 15 is 0 Å². The molecule has 3 atom stereocenters. The van der Waals surface area contributed by atoms with Gasteiger partial charge in [0, 0.05) is 34.9 Å². The molecule has 0 amide bonds. The maximum atomic E-state index is 5.68. The Bertz CT molecular complexity index is 700. The van der Waals surface area contributed by atoms with E-state index in [4.69, 9.17) is 9.47 Å². The number of rotatable bonds is 6. The highest BCUT2D eigenvalue weighted by molar-refractivity contribution is 7.15. The van der Waals surface area contributed by atoms with Crippen molar-refractivity contribution in [2.24, 2.45) is 5.92 Å². The van der Waals surface area contributed by atoms with Gasteiger partial charge < -0.3 is 20.1 Å². The van der Waals surface area contributed by atoms with Crippen molar-refractivity contribution in [1.82, 2.24) is 10.6 Å². The number of morpholine rings is 1. The van der Waals surface area contributed by atoms with E-state index in [1.807, 2.05) is 23.5 Å². The fourth-order valence-electron chi connectivity index (χ4n) is 4.20. The molecule has 1 aromatic heterocycles. The maximum Gasteiger partial charge on any atom is 0.118 e. The predicted molar refractivity (Wildman–Crippen MR) is 114 cm³/mol. The SMILES string of the molecule is COc1ccc(-c2ccc(CNC3CCCC3C3COCCN3)s2)cc1.Cl. The first-order valence-corrected chi connectivity index (χ1v) is 10.4. The smallest absolute Gasteiger partial charge is 0.118 e. The molecule has 148 valence electrons. The van der Waals surface area contributed by atoms with Crippen molar-refractivity contribution in [1.29, 1.82) is 0 Å². The number of hydrogen-bond acceptors (Lipinski definition) is 5. The van der Waals surface area contributed by atoms with Crippen LogP contribution in [0.1, 0.15) is 24.1 Å². The average Bonchev–Trinajstić information content (AvgIpc) is 3.36. The molecule has 2 aromatic rings. The van der Waals surface area contributed by atoms with Crippen molar-refractivity contribution in [3.63, 3.8) is 0 Å². The van der Waals surface area contributed by atoms with E-state index in [-0.39, 0.29) is 12.4 Å². The molecule has 27 heavy (non-hydrogen) atoms. The molecule has 2 aliphatic rings. The third-order valence-corrected chi connectivity index (χ3v) is 6.75. The van der Waals surface area contributed by atoms with E-state index in [1.165, 1.54) is 34.6 Å². The molecule has 2 N–H and O–H groups in total. The first-order chi connectivity index (χ1) is 12.8. The minimum absolute atomic E-state index is 0. The topological polar surface area (TPSA) is 42.5 Å². The second-order valence-corrected chi connectivity index (χ2v) is 8.38. The van der Waals surface area contributed by atoms with Crippen molar-refractivity contribution in [2.45, 2.75) is 37.9 Å². The van der Waals surface area contributed by atoms with Gasteiger partial charge in [0.25, 0.3) is 0 Å². The molecule has 1 aromatic carbocycles. The van der Waals surface area contributed by atoms with E-state index in [2.05, 4.69) is 34.9 Å². The van der Waals surface area contributed by atoms with Crippen LogP contribution in [0.2, 0.25) is 0 Å². The summed E-state index contributed by atoms with van der Waals surface area (Å²) in [6.45, 7) is 3.66. The molecular weight excluding hydrogens is 380 g/mol. The zero-order valence-corrected chi connectivity index (χ0v) is 17.4. The van der Waals surface area contributed by atoms with Gasteiger partial charge in [-0.3, -0.25) is 0 Å². The third-order valence-electron chi connectivity index (χ3n) is 5.61. The fraction of sp³-hybridized carbons (Fsp3) is 0.524. The molecule has 4 nitrogen and oxygen atoms in total. The molecular formula is C21H29ClN2O2S. The van der Waals surface area contributed by atoms with Crippen molar-refractivity contribution >= 4 is 23.7 Å². The highest BCUT2D eigenvalue weighted by Crippen LogP contribution is 2.32. The van der Waals surface area contributed by atoms with E-state index in [1.54, 1.807) is 7.11 Å². The lowest BCUT2D eigenvalue weighted by atomic mass is 9.94. The monoisotopic (exact) mass is 408 g/mol. The average molecular weight is 409 g/mol. The molecule has 0 radical (unpaired) electrons. The van der Waals surface area contributed by atoms with Crippen LogP contribution in [-0.4, -0.2) is 39.0 Å². The van der Waals surface area contributed by atoms with Crippen LogP contribution >= 0.6 is 23.7 Å². The standard InChI is InChI=1S/C21H28N2O2S.ClH/c1-24-16-7-5-15(6-8-16)21-10-9-17(26-21)13-23-19-4-2-3-18(19)20-14-25-12-11-22-20;/h5-10,18-20,22-23H,2-4,11-14H2,1H3;1H. The molecule has 2 heterocycles.